The maximum Gasteiger partial charge on any atom is 0.254 e. The van der Waals surface area contributed by atoms with Crippen LogP contribution in [0.3, 0.4) is 0 Å². The van der Waals surface area contributed by atoms with Crippen LogP contribution in [0.4, 0.5) is 5.69 Å². The molecule has 166 valence electrons. The number of imide groups is 1. The molecule has 0 radical (unpaired) electrons. The molecule has 0 aliphatic carbocycles. The molecule has 2 N–H and O–H groups in total. The first-order chi connectivity index (χ1) is 15.1. The topological polar surface area (TPSA) is 85.0 Å². The number of hydrogen-bond acceptors (Lipinski definition) is 6. The number of piperazine rings is 1. The molecule has 4 aliphatic heterocycles. The van der Waals surface area contributed by atoms with Crippen molar-refractivity contribution in [2.24, 2.45) is 5.92 Å². The second kappa shape index (κ2) is 8.59. The number of amides is 3. The average Bonchev–Trinajstić information content (AvgIpc) is 3.10. The van der Waals surface area contributed by atoms with Gasteiger partial charge in [0.05, 0.1) is 0 Å². The van der Waals surface area contributed by atoms with Crippen molar-refractivity contribution in [1.29, 1.82) is 0 Å². The Morgan fingerprint density at radius 1 is 0.935 bits per heavy atom. The third kappa shape index (κ3) is 4.32. The minimum Gasteiger partial charge on any atom is -0.369 e. The summed E-state index contributed by atoms with van der Waals surface area (Å²) in [6, 6.07) is 5.74. The molecule has 31 heavy (non-hydrogen) atoms. The molecule has 5 rings (SSSR count). The van der Waals surface area contributed by atoms with Gasteiger partial charge in [-0.2, -0.15) is 0 Å². The molecule has 0 aromatic heterocycles. The monoisotopic (exact) mass is 425 g/mol. The lowest BCUT2D eigenvalue weighted by Crippen LogP contribution is -2.48. The summed E-state index contributed by atoms with van der Waals surface area (Å²) in [7, 11) is 0. The van der Waals surface area contributed by atoms with Crippen molar-refractivity contribution >= 4 is 23.4 Å². The summed E-state index contributed by atoms with van der Waals surface area (Å²) in [5.41, 5.74) is 2.86. The zero-order chi connectivity index (χ0) is 21.4. The summed E-state index contributed by atoms with van der Waals surface area (Å²) < 4.78 is 0. The molecule has 1 aromatic rings. The second-order valence-electron chi connectivity index (χ2n) is 9.29. The Morgan fingerprint density at radius 2 is 1.65 bits per heavy atom. The molecule has 0 atom stereocenters. The van der Waals surface area contributed by atoms with Gasteiger partial charge in [0, 0.05) is 69.4 Å². The van der Waals surface area contributed by atoms with E-state index >= 15 is 0 Å². The number of anilines is 1. The Morgan fingerprint density at radius 3 is 2.35 bits per heavy atom. The zero-order valence-electron chi connectivity index (χ0n) is 17.9. The van der Waals surface area contributed by atoms with Crippen molar-refractivity contribution in [2.75, 3.05) is 50.7 Å². The SMILES string of the molecule is O=C1CC(N2Cc3cc(N4CCN(CC5CCNCC5)CC4)ccc3C2=O)CC(=O)N1. The van der Waals surface area contributed by atoms with Gasteiger partial charge < -0.3 is 15.1 Å². The third-order valence-electron chi connectivity index (χ3n) is 7.19. The number of carbonyl (C=O) groups excluding carboxylic acids is 3. The predicted molar refractivity (Wildman–Crippen MR) is 117 cm³/mol. The molecular weight excluding hydrogens is 394 g/mol. The Kier molecular flexibility index (Phi) is 5.67. The van der Waals surface area contributed by atoms with Crippen molar-refractivity contribution in [3.8, 4) is 0 Å². The van der Waals surface area contributed by atoms with E-state index in [4.69, 9.17) is 0 Å². The summed E-state index contributed by atoms with van der Waals surface area (Å²) in [4.78, 5) is 43.1. The minimum atomic E-state index is -0.344. The Hall–Kier alpha value is -2.45. The van der Waals surface area contributed by atoms with Crippen molar-refractivity contribution < 1.29 is 14.4 Å². The van der Waals surface area contributed by atoms with Crippen LogP contribution in [0.15, 0.2) is 18.2 Å². The highest BCUT2D eigenvalue weighted by molar-refractivity contribution is 6.02. The van der Waals surface area contributed by atoms with Crippen LogP contribution in [0.2, 0.25) is 0 Å². The highest BCUT2D eigenvalue weighted by Gasteiger charge is 2.37. The largest absolute Gasteiger partial charge is 0.369 e. The fourth-order valence-electron chi connectivity index (χ4n) is 5.42. The van der Waals surface area contributed by atoms with E-state index in [0.29, 0.717) is 12.1 Å². The summed E-state index contributed by atoms with van der Waals surface area (Å²) in [5.74, 6) is 0.153. The van der Waals surface area contributed by atoms with E-state index in [9.17, 15) is 14.4 Å². The fourth-order valence-corrected chi connectivity index (χ4v) is 5.42. The van der Waals surface area contributed by atoms with Gasteiger partial charge in [-0.1, -0.05) is 0 Å². The van der Waals surface area contributed by atoms with Crippen LogP contribution in [-0.2, 0) is 16.1 Å². The van der Waals surface area contributed by atoms with E-state index in [1.807, 2.05) is 12.1 Å². The number of fused-ring (bicyclic) bond motifs is 1. The van der Waals surface area contributed by atoms with Crippen LogP contribution in [-0.4, -0.2) is 79.4 Å². The van der Waals surface area contributed by atoms with Gasteiger partial charge >= 0.3 is 0 Å². The summed E-state index contributed by atoms with van der Waals surface area (Å²) in [6.07, 6.45) is 2.95. The van der Waals surface area contributed by atoms with Gasteiger partial charge in [-0.05, 0) is 55.6 Å². The first kappa shape index (κ1) is 20.5. The minimum absolute atomic E-state index is 0.0687. The smallest absolute Gasteiger partial charge is 0.254 e. The van der Waals surface area contributed by atoms with Gasteiger partial charge in [-0.25, -0.2) is 0 Å². The molecule has 3 fully saturated rings. The number of piperidine rings is 2. The molecule has 1 aromatic carbocycles. The van der Waals surface area contributed by atoms with E-state index in [0.717, 1.165) is 56.4 Å². The number of nitrogens with zero attached hydrogens (tertiary/aromatic N) is 3. The van der Waals surface area contributed by atoms with Gasteiger partial charge in [0.2, 0.25) is 11.8 Å². The van der Waals surface area contributed by atoms with Crippen molar-refractivity contribution in [3.05, 3.63) is 29.3 Å². The van der Waals surface area contributed by atoms with Gasteiger partial charge in [0.25, 0.3) is 5.91 Å². The molecule has 8 nitrogen and oxygen atoms in total. The normalized spacial score (nSPS) is 23.9. The lowest BCUT2D eigenvalue weighted by molar-refractivity contribution is -0.135. The lowest BCUT2D eigenvalue weighted by atomic mass is 9.97. The zero-order valence-corrected chi connectivity index (χ0v) is 17.9. The number of rotatable bonds is 4. The van der Waals surface area contributed by atoms with E-state index < -0.39 is 0 Å². The van der Waals surface area contributed by atoms with Crippen LogP contribution in [0, 0.1) is 5.92 Å². The van der Waals surface area contributed by atoms with Gasteiger partial charge in [0.1, 0.15) is 0 Å². The van der Waals surface area contributed by atoms with E-state index in [1.165, 1.54) is 19.4 Å². The van der Waals surface area contributed by atoms with Gasteiger partial charge in [-0.3, -0.25) is 24.6 Å². The summed E-state index contributed by atoms with van der Waals surface area (Å²) >= 11 is 0. The van der Waals surface area contributed by atoms with Crippen molar-refractivity contribution in [1.82, 2.24) is 20.4 Å². The molecule has 8 heteroatoms. The maximum absolute atomic E-state index is 12.9. The van der Waals surface area contributed by atoms with Crippen molar-refractivity contribution in [2.45, 2.75) is 38.3 Å². The first-order valence-corrected chi connectivity index (χ1v) is 11.5. The molecule has 0 saturated carbocycles. The molecule has 0 unspecified atom stereocenters. The maximum atomic E-state index is 12.9. The van der Waals surface area contributed by atoms with E-state index in [1.54, 1.807) is 4.90 Å². The molecule has 3 saturated heterocycles. The Labute approximate surface area is 182 Å². The number of carbonyl (C=O) groups is 3. The van der Waals surface area contributed by atoms with Crippen LogP contribution < -0.4 is 15.5 Å². The molecule has 0 bridgehead atoms. The second-order valence-corrected chi connectivity index (χ2v) is 9.29. The fraction of sp³-hybridized carbons (Fsp3) is 0.609. The Balaban J connectivity index is 1.20. The van der Waals surface area contributed by atoms with Crippen LogP contribution >= 0.6 is 0 Å². The molecule has 3 amide bonds. The van der Waals surface area contributed by atoms with Crippen LogP contribution in [0.1, 0.15) is 41.6 Å². The average molecular weight is 426 g/mol. The molecule has 0 spiro atoms. The van der Waals surface area contributed by atoms with E-state index in [-0.39, 0.29) is 36.6 Å². The molecule has 4 heterocycles. The first-order valence-electron chi connectivity index (χ1n) is 11.5. The van der Waals surface area contributed by atoms with Gasteiger partial charge in [0.15, 0.2) is 0 Å². The summed E-state index contributed by atoms with van der Waals surface area (Å²) in [5, 5.41) is 5.76. The predicted octanol–water partition coefficient (Wildman–Crippen LogP) is 0.569. The number of benzene rings is 1. The highest BCUT2D eigenvalue weighted by atomic mass is 16.2. The molecular formula is C23H31N5O3. The number of hydrogen-bond donors (Lipinski definition) is 2. The van der Waals surface area contributed by atoms with Gasteiger partial charge in [-0.15, -0.1) is 0 Å². The third-order valence-corrected chi connectivity index (χ3v) is 7.19. The quantitative estimate of drug-likeness (QED) is 0.686. The van der Waals surface area contributed by atoms with E-state index in [2.05, 4.69) is 26.5 Å². The van der Waals surface area contributed by atoms with Crippen LogP contribution in [0.25, 0.3) is 0 Å². The van der Waals surface area contributed by atoms with Crippen molar-refractivity contribution in [3.63, 3.8) is 0 Å². The molecule has 4 aliphatic rings. The standard InChI is InChI=1S/C23H31N5O3/c29-21-12-19(13-22(30)25-21)28-15-17-11-18(1-2-20(17)23(28)31)27-9-7-26(8-10-27)14-16-3-5-24-6-4-16/h1-2,11,16,19,24H,3-10,12-15H2,(H,25,29,30). The Bertz CT molecular complexity index is 858. The van der Waals surface area contributed by atoms with Crippen LogP contribution in [0.5, 0.6) is 0 Å². The lowest BCUT2D eigenvalue weighted by Gasteiger charge is -2.38. The highest BCUT2D eigenvalue weighted by Crippen LogP contribution is 2.31. The summed E-state index contributed by atoms with van der Waals surface area (Å²) in [6.45, 7) is 8.12. The number of nitrogens with one attached hydrogen (secondary N) is 2.